The predicted molar refractivity (Wildman–Crippen MR) is 137 cm³/mol. The quantitative estimate of drug-likeness (QED) is 0.156. The van der Waals surface area contributed by atoms with E-state index in [1.807, 2.05) is 0 Å². The molecule has 0 saturated carbocycles. The molecule has 3 aliphatic rings. The minimum atomic E-state index is -0.525. The number of fused-ring (bicyclic) bond motifs is 3. The molecule has 2 bridgehead atoms. The molecule has 2 heteroatoms. The lowest BCUT2D eigenvalue weighted by molar-refractivity contribution is -0.398. The third-order valence-electron chi connectivity index (χ3n) is 7.73. The van der Waals surface area contributed by atoms with Gasteiger partial charge in [-0.3, -0.25) is 0 Å². The molecule has 34 heavy (non-hydrogen) atoms. The molecule has 0 N–H and O–H groups in total. The maximum absolute atomic E-state index is 6.21. The van der Waals surface area contributed by atoms with Crippen LogP contribution in [0.15, 0.2) is 103 Å². The van der Waals surface area contributed by atoms with Gasteiger partial charge in [-0.25, -0.2) is 9.78 Å². The number of unbranched alkanes of at least 4 members (excludes halogenated alkanes) is 1. The van der Waals surface area contributed by atoms with Crippen molar-refractivity contribution in [1.82, 2.24) is 0 Å². The molecule has 166 valence electrons. The molecule has 2 aliphatic heterocycles. The minimum Gasteiger partial charge on any atom is -0.222 e. The highest BCUT2D eigenvalue weighted by Gasteiger charge is 2.50. The van der Waals surface area contributed by atoms with Gasteiger partial charge in [0.05, 0.1) is 0 Å². The minimum absolute atomic E-state index is 0.128. The lowest BCUT2D eigenvalue weighted by Crippen LogP contribution is -2.43. The molecule has 0 radical (unpaired) electrons. The van der Waals surface area contributed by atoms with Crippen molar-refractivity contribution in [2.75, 3.05) is 0 Å². The van der Waals surface area contributed by atoms with Gasteiger partial charge in [-0.1, -0.05) is 97.1 Å². The number of rotatable bonds is 5. The molecule has 0 saturated heterocycles. The summed E-state index contributed by atoms with van der Waals surface area (Å²) in [7, 11) is 0. The van der Waals surface area contributed by atoms with Gasteiger partial charge in [0, 0.05) is 0 Å². The Labute approximate surface area is 199 Å². The molecule has 0 amide bonds. The van der Waals surface area contributed by atoms with Crippen LogP contribution in [0, 0.1) is 0 Å². The van der Waals surface area contributed by atoms with Crippen LogP contribution >= 0.6 is 0 Å². The zero-order valence-corrected chi connectivity index (χ0v) is 19.0. The van der Waals surface area contributed by atoms with E-state index >= 15 is 0 Å². The van der Waals surface area contributed by atoms with Crippen molar-refractivity contribution in [3.63, 3.8) is 0 Å². The summed E-state index contributed by atoms with van der Waals surface area (Å²) in [5.74, 6) is 0. The van der Waals surface area contributed by atoms with Gasteiger partial charge >= 0.3 is 0 Å². The molecule has 5 aromatic rings. The molecule has 1 aliphatic carbocycles. The Bertz CT molecular complexity index is 1430. The molecule has 0 atom stereocenters. The molecule has 0 spiro atoms. The summed E-state index contributed by atoms with van der Waals surface area (Å²) in [4.78, 5) is 12.2. The molecule has 0 fully saturated rings. The maximum atomic E-state index is 6.21. The Kier molecular flexibility index (Phi) is 4.58. The standard InChI is InChI=1S/C32H26O2/c1-3-13-24-22(11-1)21-23-12-2-4-14-25(23)26(24)15-9-10-20-32-29-18-7-5-16-27(29)31(33-34-32)28-17-6-8-19-30(28)32/h1-8,11-14,16-19,21,31H,9-10,15,20H2. The third kappa shape index (κ3) is 2.89. The van der Waals surface area contributed by atoms with Crippen LogP contribution in [-0.4, -0.2) is 0 Å². The van der Waals surface area contributed by atoms with Crippen LogP contribution in [0.2, 0.25) is 0 Å². The average molecular weight is 443 g/mol. The fraction of sp³-hybridized carbons (Fsp3) is 0.188. The Morgan fingerprint density at radius 3 is 1.82 bits per heavy atom. The van der Waals surface area contributed by atoms with E-state index in [1.165, 1.54) is 49.4 Å². The largest absolute Gasteiger partial charge is 0.222 e. The second-order valence-electron chi connectivity index (χ2n) is 9.57. The van der Waals surface area contributed by atoms with Gasteiger partial charge in [0.15, 0.2) is 5.60 Å². The molecule has 8 rings (SSSR count). The Balaban J connectivity index is 1.21. The van der Waals surface area contributed by atoms with E-state index < -0.39 is 5.60 Å². The van der Waals surface area contributed by atoms with Gasteiger partial charge in [0.1, 0.15) is 6.10 Å². The highest BCUT2D eigenvalue weighted by atomic mass is 17.2. The Morgan fingerprint density at radius 1 is 0.618 bits per heavy atom. The molecule has 2 nitrogen and oxygen atoms in total. The summed E-state index contributed by atoms with van der Waals surface area (Å²) in [6, 6.07) is 37.1. The van der Waals surface area contributed by atoms with Crippen LogP contribution < -0.4 is 0 Å². The van der Waals surface area contributed by atoms with Gasteiger partial charge < -0.3 is 0 Å². The summed E-state index contributed by atoms with van der Waals surface area (Å²) in [5.41, 5.74) is 5.94. The average Bonchev–Trinajstić information content (AvgIpc) is 2.91. The summed E-state index contributed by atoms with van der Waals surface area (Å²) in [6.07, 6.45) is 3.96. The number of aryl methyl sites for hydroxylation is 1. The van der Waals surface area contributed by atoms with Crippen LogP contribution in [0.3, 0.4) is 0 Å². The summed E-state index contributed by atoms with van der Waals surface area (Å²) in [6.45, 7) is 0. The second-order valence-corrected chi connectivity index (χ2v) is 9.57. The maximum Gasteiger partial charge on any atom is 0.154 e. The van der Waals surface area contributed by atoms with Gasteiger partial charge in [-0.2, -0.15) is 0 Å². The highest BCUT2D eigenvalue weighted by molar-refractivity contribution is 6.02. The summed E-state index contributed by atoms with van der Waals surface area (Å²) >= 11 is 0. The Hall–Kier alpha value is -3.46. The molecular weight excluding hydrogens is 416 g/mol. The smallest absolute Gasteiger partial charge is 0.154 e. The van der Waals surface area contributed by atoms with Crippen LogP contribution in [0.25, 0.3) is 21.5 Å². The first kappa shape index (κ1) is 20.0. The molecule has 5 aromatic carbocycles. The van der Waals surface area contributed by atoms with E-state index in [-0.39, 0.29) is 6.10 Å². The lowest BCUT2D eigenvalue weighted by atomic mass is 9.70. The number of benzene rings is 5. The van der Waals surface area contributed by atoms with Crippen molar-refractivity contribution in [3.8, 4) is 0 Å². The topological polar surface area (TPSA) is 18.5 Å². The summed E-state index contributed by atoms with van der Waals surface area (Å²) < 4.78 is 0. The van der Waals surface area contributed by atoms with Crippen LogP contribution in [-0.2, 0) is 21.8 Å². The molecular formula is C32H26O2. The van der Waals surface area contributed by atoms with E-state index in [2.05, 4.69) is 103 Å². The zero-order valence-electron chi connectivity index (χ0n) is 19.0. The number of hydrogen-bond acceptors (Lipinski definition) is 2. The predicted octanol–water partition coefficient (Wildman–Crippen LogP) is 8.01. The molecule has 0 aromatic heterocycles. The fourth-order valence-electron chi connectivity index (χ4n) is 6.19. The summed E-state index contributed by atoms with van der Waals surface area (Å²) in [5, 5.41) is 5.38. The normalized spacial score (nSPS) is 20.4. The van der Waals surface area contributed by atoms with Crippen molar-refractivity contribution >= 4 is 21.5 Å². The van der Waals surface area contributed by atoms with Crippen LogP contribution in [0.5, 0.6) is 0 Å². The first-order valence-electron chi connectivity index (χ1n) is 12.3. The van der Waals surface area contributed by atoms with E-state index in [0.717, 1.165) is 25.7 Å². The third-order valence-corrected chi connectivity index (χ3v) is 7.73. The fourth-order valence-corrected chi connectivity index (χ4v) is 6.19. The number of hydrogen-bond donors (Lipinski definition) is 0. The van der Waals surface area contributed by atoms with Gasteiger partial charge in [0.25, 0.3) is 0 Å². The van der Waals surface area contributed by atoms with E-state index in [0.29, 0.717) is 0 Å². The lowest BCUT2D eigenvalue weighted by Gasteiger charge is -2.47. The second kappa shape index (κ2) is 7.80. The SMILES string of the molecule is c1ccc2c(c1)C1OOC2(CCCCc2c3ccccc3cc3ccccc23)c2ccccc21. The Morgan fingerprint density at radius 2 is 1.18 bits per heavy atom. The van der Waals surface area contributed by atoms with Gasteiger partial charge in [-0.05, 0) is 81.1 Å². The van der Waals surface area contributed by atoms with Gasteiger partial charge in [0.2, 0.25) is 0 Å². The van der Waals surface area contributed by atoms with Crippen molar-refractivity contribution < 1.29 is 9.78 Å². The first-order chi connectivity index (χ1) is 16.9. The van der Waals surface area contributed by atoms with Crippen molar-refractivity contribution in [2.45, 2.75) is 37.4 Å². The highest BCUT2D eigenvalue weighted by Crippen LogP contribution is 2.55. The van der Waals surface area contributed by atoms with E-state index in [9.17, 15) is 0 Å². The van der Waals surface area contributed by atoms with E-state index in [1.54, 1.807) is 0 Å². The molecule has 0 unspecified atom stereocenters. The van der Waals surface area contributed by atoms with Gasteiger partial charge in [-0.15, -0.1) is 0 Å². The molecule has 2 heterocycles. The monoisotopic (exact) mass is 442 g/mol. The zero-order chi connectivity index (χ0) is 22.5. The van der Waals surface area contributed by atoms with Crippen molar-refractivity contribution in [1.29, 1.82) is 0 Å². The van der Waals surface area contributed by atoms with E-state index in [4.69, 9.17) is 9.78 Å². The first-order valence-corrected chi connectivity index (χ1v) is 12.3. The van der Waals surface area contributed by atoms with Crippen LogP contribution in [0.1, 0.15) is 53.2 Å². The van der Waals surface area contributed by atoms with Crippen molar-refractivity contribution in [2.24, 2.45) is 0 Å². The van der Waals surface area contributed by atoms with Crippen LogP contribution in [0.4, 0.5) is 0 Å². The van der Waals surface area contributed by atoms with Crippen molar-refractivity contribution in [3.05, 3.63) is 131 Å².